The number of rotatable bonds is 4. The lowest BCUT2D eigenvalue weighted by molar-refractivity contribution is 0.651. The average molecular weight is 268 g/mol. The summed E-state index contributed by atoms with van der Waals surface area (Å²) < 4.78 is 0. The fraction of sp³-hybridized carbons (Fsp3) is 0.500. The molecule has 0 unspecified atom stereocenters. The van der Waals surface area contributed by atoms with E-state index in [0.717, 1.165) is 12.8 Å². The molecule has 1 aromatic rings. The van der Waals surface area contributed by atoms with E-state index >= 15 is 0 Å². The molecule has 0 amide bonds. The van der Waals surface area contributed by atoms with Crippen molar-refractivity contribution in [3.8, 4) is 0 Å². The second-order valence-electron chi connectivity index (χ2n) is 5.01. The van der Waals surface area contributed by atoms with Gasteiger partial charge in [-0.3, -0.25) is 0 Å². The van der Waals surface area contributed by atoms with E-state index in [-0.39, 0.29) is 18.4 Å². The summed E-state index contributed by atoms with van der Waals surface area (Å²) in [6.45, 7) is 14.7. The SMILES string of the molecule is C=CCC[C@H](N)c1c(C)c(C)c(C)c(C)c1C.Cl. The van der Waals surface area contributed by atoms with Gasteiger partial charge in [0.2, 0.25) is 0 Å². The molecule has 0 radical (unpaired) electrons. The number of hydrogen-bond acceptors (Lipinski definition) is 1. The van der Waals surface area contributed by atoms with Gasteiger partial charge in [0, 0.05) is 6.04 Å². The van der Waals surface area contributed by atoms with Crippen molar-refractivity contribution in [2.24, 2.45) is 5.73 Å². The molecule has 1 atom stereocenters. The highest BCUT2D eigenvalue weighted by Gasteiger charge is 2.16. The zero-order chi connectivity index (χ0) is 13.2. The van der Waals surface area contributed by atoms with Crippen molar-refractivity contribution in [3.05, 3.63) is 46.0 Å². The summed E-state index contributed by atoms with van der Waals surface area (Å²) in [4.78, 5) is 0. The van der Waals surface area contributed by atoms with E-state index < -0.39 is 0 Å². The van der Waals surface area contributed by atoms with E-state index in [4.69, 9.17) is 5.73 Å². The standard InChI is InChI=1S/C16H25N.ClH/c1-7-8-9-15(17)16-13(5)11(3)10(2)12(4)14(16)6;/h7,15H,1,8-9,17H2,2-6H3;1H/t15-;/m0./s1. The van der Waals surface area contributed by atoms with Crippen LogP contribution in [0.1, 0.15) is 52.3 Å². The molecule has 0 saturated heterocycles. The van der Waals surface area contributed by atoms with Crippen LogP contribution in [0.5, 0.6) is 0 Å². The molecule has 0 aromatic heterocycles. The molecule has 0 bridgehead atoms. The van der Waals surface area contributed by atoms with E-state index in [1.165, 1.54) is 33.4 Å². The molecule has 2 N–H and O–H groups in total. The van der Waals surface area contributed by atoms with Crippen molar-refractivity contribution < 1.29 is 0 Å². The molecule has 0 aliphatic rings. The fourth-order valence-corrected chi connectivity index (χ4v) is 2.53. The maximum atomic E-state index is 6.32. The minimum absolute atomic E-state index is 0. The summed E-state index contributed by atoms with van der Waals surface area (Å²) >= 11 is 0. The first-order chi connectivity index (χ1) is 7.91. The maximum absolute atomic E-state index is 6.32. The molecule has 0 aliphatic carbocycles. The Morgan fingerprint density at radius 1 is 0.944 bits per heavy atom. The highest BCUT2D eigenvalue weighted by Crippen LogP contribution is 2.31. The summed E-state index contributed by atoms with van der Waals surface area (Å²) in [7, 11) is 0. The van der Waals surface area contributed by atoms with Gasteiger partial charge in [-0.15, -0.1) is 19.0 Å². The first-order valence-corrected chi connectivity index (χ1v) is 6.35. The highest BCUT2D eigenvalue weighted by molar-refractivity contribution is 5.85. The summed E-state index contributed by atoms with van der Waals surface area (Å²) in [5, 5.41) is 0. The molecule has 2 heteroatoms. The third-order valence-corrected chi connectivity index (χ3v) is 4.11. The summed E-state index contributed by atoms with van der Waals surface area (Å²) in [5.41, 5.74) is 14.6. The number of benzene rings is 1. The Morgan fingerprint density at radius 3 is 1.72 bits per heavy atom. The normalized spacial score (nSPS) is 11.9. The van der Waals surface area contributed by atoms with Crippen LogP contribution >= 0.6 is 12.4 Å². The summed E-state index contributed by atoms with van der Waals surface area (Å²) in [6.07, 6.45) is 3.90. The smallest absolute Gasteiger partial charge is 0.0303 e. The van der Waals surface area contributed by atoms with Crippen LogP contribution < -0.4 is 5.73 Å². The van der Waals surface area contributed by atoms with Crippen LogP contribution in [-0.2, 0) is 0 Å². The van der Waals surface area contributed by atoms with Gasteiger partial charge in [-0.25, -0.2) is 0 Å². The molecular formula is C16H26ClN. The van der Waals surface area contributed by atoms with E-state index in [9.17, 15) is 0 Å². The maximum Gasteiger partial charge on any atom is 0.0303 e. The molecule has 1 nitrogen and oxygen atoms in total. The average Bonchev–Trinajstić information content (AvgIpc) is 2.31. The lowest BCUT2D eigenvalue weighted by Crippen LogP contribution is -2.15. The third-order valence-electron chi connectivity index (χ3n) is 4.11. The number of allylic oxidation sites excluding steroid dienone is 1. The first kappa shape index (κ1) is 17.2. The van der Waals surface area contributed by atoms with Crippen molar-refractivity contribution in [1.82, 2.24) is 0 Å². The minimum Gasteiger partial charge on any atom is -0.324 e. The second kappa shape index (κ2) is 6.96. The highest BCUT2D eigenvalue weighted by atomic mass is 35.5. The fourth-order valence-electron chi connectivity index (χ4n) is 2.53. The molecule has 0 fully saturated rings. The van der Waals surface area contributed by atoms with Crippen LogP contribution in [0.4, 0.5) is 0 Å². The topological polar surface area (TPSA) is 26.0 Å². The second-order valence-corrected chi connectivity index (χ2v) is 5.01. The van der Waals surface area contributed by atoms with Gasteiger partial charge in [0.15, 0.2) is 0 Å². The van der Waals surface area contributed by atoms with Gasteiger partial charge in [0.1, 0.15) is 0 Å². The van der Waals surface area contributed by atoms with Crippen LogP contribution in [0.2, 0.25) is 0 Å². The van der Waals surface area contributed by atoms with Gasteiger partial charge >= 0.3 is 0 Å². The number of nitrogens with two attached hydrogens (primary N) is 1. The zero-order valence-corrected chi connectivity index (χ0v) is 13.1. The van der Waals surface area contributed by atoms with Crippen molar-refractivity contribution in [1.29, 1.82) is 0 Å². The number of halogens is 1. The van der Waals surface area contributed by atoms with Crippen molar-refractivity contribution in [2.75, 3.05) is 0 Å². The van der Waals surface area contributed by atoms with E-state index in [1.807, 2.05) is 6.08 Å². The zero-order valence-electron chi connectivity index (χ0n) is 12.3. The minimum atomic E-state index is 0. The first-order valence-electron chi connectivity index (χ1n) is 6.35. The third kappa shape index (κ3) is 3.15. The Kier molecular flexibility index (Phi) is 6.66. The van der Waals surface area contributed by atoms with Gasteiger partial charge in [0.25, 0.3) is 0 Å². The van der Waals surface area contributed by atoms with Crippen LogP contribution in [0, 0.1) is 34.6 Å². The molecule has 102 valence electrons. The molecule has 0 saturated carbocycles. The monoisotopic (exact) mass is 267 g/mol. The summed E-state index contributed by atoms with van der Waals surface area (Å²) in [5.74, 6) is 0. The predicted octanol–water partition coefficient (Wildman–Crippen LogP) is 4.62. The Hall–Kier alpha value is -0.790. The van der Waals surface area contributed by atoms with Gasteiger partial charge in [-0.1, -0.05) is 6.08 Å². The molecule has 0 aliphatic heterocycles. The van der Waals surface area contributed by atoms with Crippen LogP contribution in [0.25, 0.3) is 0 Å². The Balaban J connectivity index is 0.00000289. The number of hydrogen-bond donors (Lipinski definition) is 1. The Labute approximate surface area is 118 Å². The van der Waals surface area contributed by atoms with E-state index in [1.54, 1.807) is 0 Å². The van der Waals surface area contributed by atoms with Gasteiger partial charge in [-0.05, 0) is 80.8 Å². The largest absolute Gasteiger partial charge is 0.324 e. The summed E-state index contributed by atoms with van der Waals surface area (Å²) in [6, 6.07) is 0.131. The van der Waals surface area contributed by atoms with Gasteiger partial charge in [0.05, 0.1) is 0 Å². The van der Waals surface area contributed by atoms with Gasteiger partial charge in [-0.2, -0.15) is 0 Å². The quantitative estimate of drug-likeness (QED) is 0.792. The lowest BCUT2D eigenvalue weighted by atomic mass is 9.85. The van der Waals surface area contributed by atoms with Crippen molar-refractivity contribution in [2.45, 2.75) is 53.5 Å². The Morgan fingerprint density at radius 2 is 1.33 bits per heavy atom. The van der Waals surface area contributed by atoms with Crippen LogP contribution in [0.15, 0.2) is 12.7 Å². The molecule has 0 spiro atoms. The van der Waals surface area contributed by atoms with E-state index in [2.05, 4.69) is 41.2 Å². The van der Waals surface area contributed by atoms with Crippen molar-refractivity contribution >= 4 is 12.4 Å². The van der Waals surface area contributed by atoms with Crippen LogP contribution in [-0.4, -0.2) is 0 Å². The predicted molar refractivity (Wildman–Crippen MR) is 83.7 cm³/mol. The lowest BCUT2D eigenvalue weighted by Gasteiger charge is -2.23. The molecule has 1 aromatic carbocycles. The Bertz CT molecular complexity index is 406. The molecule has 18 heavy (non-hydrogen) atoms. The van der Waals surface area contributed by atoms with Crippen LogP contribution in [0.3, 0.4) is 0 Å². The van der Waals surface area contributed by atoms with Gasteiger partial charge < -0.3 is 5.73 Å². The molecule has 0 heterocycles. The molecular weight excluding hydrogens is 242 g/mol. The molecule has 1 rings (SSSR count). The van der Waals surface area contributed by atoms with Crippen molar-refractivity contribution in [3.63, 3.8) is 0 Å². The van der Waals surface area contributed by atoms with E-state index in [0.29, 0.717) is 0 Å².